The number of morpholine rings is 1. The third-order valence-electron chi connectivity index (χ3n) is 3.12. The van der Waals surface area contributed by atoms with Crippen molar-refractivity contribution in [3.05, 3.63) is 22.7 Å². The number of benzene rings is 1. The summed E-state index contributed by atoms with van der Waals surface area (Å²) in [4.78, 5) is 2.02. The Kier molecular flexibility index (Phi) is 4.48. The van der Waals surface area contributed by atoms with Crippen LogP contribution in [0, 0.1) is 11.3 Å². The number of hydrogen-bond acceptors (Lipinski definition) is 5. The number of rotatable bonds is 3. The van der Waals surface area contributed by atoms with Crippen molar-refractivity contribution in [2.45, 2.75) is 6.04 Å². The molecule has 1 fully saturated rings. The van der Waals surface area contributed by atoms with Crippen LogP contribution in [0.2, 0.25) is 5.02 Å². The molecule has 5 nitrogen and oxygen atoms in total. The Morgan fingerprint density at radius 3 is 2.74 bits per heavy atom. The fourth-order valence-corrected chi connectivity index (χ4v) is 2.33. The summed E-state index contributed by atoms with van der Waals surface area (Å²) in [6.07, 6.45) is 0. The van der Waals surface area contributed by atoms with Crippen LogP contribution >= 0.6 is 11.6 Å². The average molecular weight is 283 g/mol. The number of nitriles is 1. The molecule has 0 spiro atoms. The van der Waals surface area contributed by atoms with Crippen LogP contribution in [0.4, 0.5) is 0 Å². The molecule has 6 heteroatoms. The molecule has 0 aromatic heterocycles. The highest BCUT2D eigenvalue weighted by Gasteiger charge is 2.24. The molecule has 102 valence electrons. The summed E-state index contributed by atoms with van der Waals surface area (Å²) in [6.45, 7) is 2.61. The zero-order chi connectivity index (χ0) is 13.8. The summed E-state index contributed by atoms with van der Waals surface area (Å²) in [5.41, 5.74) is 0.712. The van der Waals surface area contributed by atoms with Gasteiger partial charge in [0.2, 0.25) is 0 Å². The van der Waals surface area contributed by atoms with Gasteiger partial charge in [-0.2, -0.15) is 5.26 Å². The highest BCUT2D eigenvalue weighted by Crippen LogP contribution is 2.37. The van der Waals surface area contributed by atoms with E-state index in [-0.39, 0.29) is 16.5 Å². The fraction of sp³-hybridized carbons (Fsp3) is 0.462. The highest BCUT2D eigenvalue weighted by molar-refractivity contribution is 6.32. The van der Waals surface area contributed by atoms with Gasteiger partial charge in [0.05, 0.1) is 31.4 Å². The first-order chi connectivity index (χ1) is 9.17. The molecule has 0 bridgehead atoms. The maximum Gasteiger partial charge on any atom is 0.176 e. The second kappa shape index (κ2) is 6.11. The van der Waals surface area contributed by atoms with Gasteiger partial charge in [0.25, 0.3) is 0 Å². The molecule has 19 heavy (non-hydrogen) atoms. The van der Waals surface area contributed by atoms with Crippen LogP contribution < -0.4 is 4.74 Å². The van der Waals surface area contributed by atoms with E-state index in [0.717, 1.165) is 0 Å². The van der Waals surface area contributed by atoms with Crippen LogP contribution in [0.3, 0.4) is 0 Å². The van der Waals surface area contributed by atoms with Crippen molar-refractivity contribution in [3.8, 4) is 17.6 Å². The van der Waals surface area contributed by atoms with E-state index in [1.165, 1.54) is 7.11 Å². The number of ether oxygens (including phenoxy) is 2. The Bertz CT molecular complexity index is 495. The normalized spacial score (nSPS) is 17.7. The lowest BCUT2D eigenvalue weighted by atomic mass is 10.1. The molecule has 0 aliphatic carbocycles. The van der Waals surface area contributed by atoms with E-state index < -0.39 is 6.04 Å². The van der Waals surface area contributed by atoms with Crippen LogP contribution in [-0.4, -0.2) is 43.4 Å². The summed E-state index contributed by atoms with van der Waals surface area (Å²) in [7, 11) is 1.45. The molecule has 1 atom stereocenters. The van der Waals surface area contributed by atoms with E-state index in [4.69, 9.17) is 21.1 Å². The number of methoxy groups -OCH3 is 1. The maximum absolute atomic E-state index is 9.71. The van der Waals surface area contributed by atoms with Crippen LogP contribution in [0.1, 0.15) is 11.6 Å². The van der Waals surface area contributed by atoms with Gasteiger partial charge in [-0.25, -0.2) is 0 Å². The second-order valence-electron chi connectivity index (χ2n) is 4.23. The number of phenolic OH excluding ortho intramolecular Hbond substituents is 1. The minimum Gasteiger partial charge on any atom is -0.503 e. The van der Waals surface area contributed by atoms with Gasteiger partial charge < -0.3 is 14.6 Å². The van der Waals surface area contributed by atoms with Crippen molar-refractivity contribution in [3.63, 3.8) is 0 Å². The first kappa shape index (κ1) is 13.9. The van der Waals surface area contributed by atoms with E-state index in [2.05, 4.69) is 6.07 Å². The van der Waals surface area contributed by atoms with Gasteiger partial charge in [-0.15, -0.1) is 0 Å². The van der Waals surface area contributed by atoms with Crippen LogP contribution in [-0.2, 0) is 4.74 Å². The van der Waals surface area contributed by atoms with Crippen molar-refractivity contribution in [2.75, 3.05) is 33.4 Å². The van der Waals surface area contributed by atoms with Crippen LogP contribution in [0.15, 0.2) is 12.1 Å². The summed E-state index contributed by atoms with van der Waals surface area (Å²) < 4.78 is 10.3. The SMILES string of the molecule is COc1cc(C(C#N)N2CCOCC2)cc(Cl)c1O. The Labute approximate surface area is 116 Å². The van der Waals surface area contributed by atoms with Crippen LogP contribution in [0.25, 0.3) is 0 Å². The Balaban J connectivity index is 2.33. The van der Waals surface area contributed by atoms with Crippen molar-refractivity contribution >= 4 is 11.6 Å². The third kappa shape index (κ3) is 2.92. The van der Waals surface area contributed by atoms with Gasteiger partial charge in [0, 0.05) is 13.1 Å². The minimum atomic E-state index is -0.420. The molecule has 1 aliphatic rings. The molecule has 1 saturated heterocycles. The van der Waals surface area contributed by atoms with Crippen molar-refractivity contribution in [1.82, 2.24) is 4.90 Å². The first-order valence-electron chi connectivity index (χ1n) is 5.95. The van der Waals surface area contributed by atoms with E-state index in [0.29, 0.717) is 31.9 Å². The van der Waals surface area contributed by atoms with E-state index in [1.54, 1.807) is 12.1 Å². The van der Waals surface area contributed by atoms with E-state index in [9.17, 15) is 10.4 Å². The van der Waals surface area contributed by atoms with E-state index in [1.807, 2.05) is 4.90 Å². The lowest BCUT2D eigenvalue weighted by Crippen LogP contribution is -2.38. The number of aromatic hydroxyl groups is 1. The number of phenols is 1. The van der Waals surface area contributed by atoms with Gasteiger partial charge in [-0.05, 0) is 17.7 Å². The van der Waals surface area contributed by atoms with Gasteiger partial charge in [-0.3, -0.25) is 4.90 Å². The molecule has 1 unspecified atom stereocenters. The monoisotopic (exact) mass is 282 g/mol. The summed E-state index contributed by atoms with van der Waals surface area (Å²) >= 11 is 5.96. The first-order valence-corrected chi connectivity index (χ1v) is 6.33. The predicted octanol–water partition coefficient (Wildman–Crippen LogP) is 1.95. The average Bonchev–Trinajstić information content (AvgIpc) is 2.44. The highest BCUT2D eigenvalue weighted by atomic mass is 35.5. The topological polar surface area (TPSA) is 65.7 Å². The summed E-state index contributed by atoms with van der Waals surface area (Å²) in [5.74, 6) is 0.169. The zero-order valence-corrected chi connectivity index (χ0v) is 11.4. The largest absolute Gasteiger partial charge is 0.503 e. The molecule has 0 radical (unpaired) electrons. The molecule has 1 aromatic carbocycles. The molecular formula is C13H15ClN2O3. The standard InChI is InChI=1S/C13H15ClN2O3/c1-18-12-7-9(6-10(14)13(12)17)11(8-15)16-2-4-19-5-3-16/h6-7,11,17H,2-5H2,1H3. The van der Waals surface area contributed by atoms with Crippen LogP contribution in [0.5, 0.6) is 11.5 Å². The molecule has 0 saturated carbocycles. The molecule has 1 heterocycles. The molecule has 0 amide bonds. The lowest BCUT2D eigenvalue weighted by molar-refractivity contribution is 0.0266. The molecule has 2 rings (SSSR count). The fourth-order valence-electron chi connectivity index (χ4n) is 2.11. The maximum atomic E-state index is 9.71. The van der Waals surface area contributed by atoms with Gasteiger partial charge >= 0.3 is 0 Å². The van der Waals surface area contributed by atoms with Crippen molar-refractivity contribution in [1.29, 1.82) is 5.26 Å². The Morgan fingerprint density at radius 1 is 1.47 bits per heavy atom. The van der Waals surface area contributed by atoms with Gasteiger partial charge in [0.1, 0.15) is 6.04 Å². The lowest BCUT2D eigenvalue weighted by Gasteiger charge is -2.30. The zero-order valence-electron chi connectivity index (χ0n) is 10.6. The molecular weight excluding hydrogens is 268 g/mol. The summed E-state index contributed by atoms with van der Waals surface area (Å²) in [5, 5.41) is 19.3. The number of nitrogens with zero attached hydrogens (tertiary/aromatic N) is 2. The quantitative estimate of drug-likeness (QED) is 0.918. The second-order valence-corrected chi connectivity index (χ2v) is 4.64. The molecule has 1 aromatic rings. The van der Waals surface area contributed by atoms with Gasteiger partial charge in [-0.1, -0.05) is 11.6 Å². The Morgan fingerprint density at radius 2 is 2.16 bits per heavy atom. The third-order valence-corrected chi connectivity index (χ3v) is 3.41. The number of hydrogen-bond donors (Lipinski definition) is 1. The van der Waals surface area contributed by atoms with E-state index >= 15 is 0 Å². The predicted molar refractivity (Wildman–Crippen MR) is 70.4 cm³/mol. The van der Waals surface area contributed by atoms with Crippen molar-refractivity contribution < 1.29 is 14.6 Å². The number of halogens is 1. The van der Waals surface area contributed by atoms with Crippen molar-refractivity contribution in [2.24, 2.45) is 0 Å². The summed E-state index contributed by atoms with van der Waals surface area (Å²) in [6, 6.07) is 5.08. The smallest absolute Gasteiger partial charge is 0.176 e. The molecule has 1 N–H and O–H groups in total. The molecule has 1 aliphatic heterocycles. The van der Waals surface area contributed by atoms with Gasteiger partial charge in [0.15, 0.2) is 11.5 Å². The Hall–Kier alpha value is -1.48. The minimum absolute atomic E-state index is 0.105.